The summed E-state index contributed by atoms with van der Waals surface area (Å²) in [6.45, 7) is 3.04. The number of hydrogen-bond acceptors (Lipinski definition) is 3. The summed E-state index contributed by atoms with van der Waals surface area (Å²) in [5.41, 5.74) is 5.59. The zero-order valence-corrected chi connectivity index (χ0v) is 9.46. The van der Waals surface area contributed by atoms with Gasteiger partial charge in [0, 0.05) is 25.3 Å². The molecule has 1 aliphatic rings. The lowest BCUT2D eigenvalue weighted by Crippen LogP contribution is -2.27. The maximum absolute atomic E-state index is 12.5. The number of nitrogens with two attached hydrogens (primary N) is 1. The zero-order valence-electron chi connectivity index (χ0n) is 9.46. The number of halogens is 3. The molecule has 2 heterocycles. The fraction of sp³-hybridized carbons (Fsp3) is 0.545. The van der Waals surface area contributed by atoms with Crippen molar-refractivity contribution in [1.29, 1.82) is 0 Å². The van der Waals surface area contributed by atoms with Crippen LogP contribution in [0.15, 0.2) is 12.3 Å². The van der Waals surface area contributed by atoms with Gasteiger partial charge in [0.1, 0.15) is 5.82 Å². The third kappa shape index (κ3) is 2.52. The summed E-state index contributed by atoms with van der Waals surface area (Å²) in [4.78, 5) is 5.84. The molecular formula is C11H14F3N3. The standard InChI is InChI=1S/C11H14F3N3/c1-7-4-8(11(12,13)14)5-16-10(7)17-3-2-9(15)6-17/h4-5,9H,2-3,6,15H2,1H3/t9-/m1/s1. The molecule has 0 unspecified atom stereocenters. The number of alkyl halides is 3. The van der Waals surface area contributed by atoms with Gasteiger partial charge in [-0.3, -0.25) is 0 Å². The third-order valence-electron chi connectivity index (χ3n) is 2.90. The molecule has 2 rings (SSSR count). The maximum Gasteiger partial charge on any atom is 0.417 e. The first-order chi connectivity index (χ1) is 7.88. The molecule has 1 aliphatic heterocycles. The summed E-state index contributed by atoms with van der Waals surface area (Å²) >= 11 is 0. The molecule has 94 valence electrons. The van der Waals surface area contributed by atoms with E-state index in [2.05, 4.69) is 4.98 Å². The van der Waals surface area contributed by atoms with Crippen molar-refractivity contribution in [2.24, 2.45) is 5.73 Å². The van der Waals surface area contributed by atoms with Crippen molar-refractivity contribution in [3.05, 3.63) is 23.4 Å². The summed E-state index contributed by atoms with van der Waals surface area (Å²) in [5.74, 6) is 0.603. The van der Waals surface area contributed by atoms with Crippen LogP contribution in [0.4, 0.5) is 19.0 Å². The number of pyridine rings is 1. The molecule has 0 saturated carbocycles. The minimum Gasteiger partial charge on any atom is -0.355 e. The molecule has 1 aromatic heterocycles. The predicted octanol–water partition coefficient (Wildman–Crippen LogP) is 1.95. The molecule has 17 heavy (non-hydrogen) atoms. The Balaban J connectivity index is 2.26. The van der Waals surface area contributed by atoms with E-state index in [1.165, 1.54) is 0 Å². The zero-order chi connectivity index (χ0) is 12.6. The van der Waals surface area contributed by atoms with E-state index in [4.69, 9.17) is 5.73 Å². The van der Waals surface area contributed by atoms with Crippen molar-refractivity contribution in [2.75, 3.05) is 18.0 Å². The van der Waals surface area contributed by atoms with Gasteiger partial charge in [0.25, 0.3) is 0 Å². The first-order valence-electron chi connectivity index (χ1n) is 5.42. The molecule has 0 aromatic carbocycles. The molecule has 0 amide bonds. The highest BCUT2D eigenvalue weighted by molar-refractivity contribution is 5.48. The second-order valence-corrected chi connectivity index (χ2v) is 4.36. The van der Waals surface area contributed by atoms with E-state index in [1.54, 1.807) is 6.92 Å². The smallest absolute Gasteiger partial charge is 0.355 e. The van der Waals surface area contributed by atoms with E-state index in [-0.39, 0.29) is 6.04 Å². The van der Waals surface area contributed by atoms with Crippen LogP contribution < -0.4 is 10.6 Å². The maximum atomic E-state index is 12.5. The van der Waals surface area contributed by atoms with Gasteiger partial charge < -0.3 is 10.6 Å². The lowest BCUT2D eigenvalue weighted by molar-refractivity contribution is -0.137. The summed E-state index contributed by atoms with van der Waals surface area (Å²) < 4.78 is 37.4. The first kappa shape index (κ1) is 12.2. The van der Waals surface area contributed by atoms with E-state index >= 15 is 0 Å². The Morgan fingerprint density at radius 3 is 2.65 bits per heavy atom. The number of nitrogens with zero attached hydrogens (tertiary/aromatic N) is 2. The van der Waals surface area contributed by atoms with Crippen LogP contribution in [0.3, 0.4) is 0 Å². The van der Waals surface area contributed by atoms with E-state index in [1.807, 2.05) is 4.90 Å². The normalized spacial score (nSPS) is 21.0. The van der Waals surface area contributed by atoms with Crippen LogP contribution in [-0.2, 0) is 6.18 Å². The third-order valence-corrected chi connectivity index (χ3v) is 2.90. The highest BCUT2D eigenvalue weighted by Gasteiger charge is 2.32. The van der Waals surface area contributed by atoms with Crippen LogP contribution >= 0.6 is 0 Å². The molecule has 2 N–H and O–H groups in total. The Labute approximate surface area is 97.4 Å². The van der Waals surface area contributed by atoms with Crippen molar-refractivity contribution < 1.29 is 13.2 Å². The summed E-state index contributed by atoms with van der Waals surface area (Å²) in [5, 5.41) is 0. The Kier molecular flexibility index (Phi) is 2.99. The second-order valence-electron chi connectivity index (χ2n) is 4.36. The average Bonchev–Trinajstić information content (AvgIpc) is 2.63. The topological polar surface area (TPSA) is 42.2 Å². The highest BCUT2D eigenvalue weighted by atomic mass is 19.4. The molecule has 1 atom stereocenters. The summed E-state index contributed by atoms with van der Waals surface area (Å²) in [7, 11) is 0. The Morgan fingerprint density at radius 2 is 2.18 bits per heavy atom. The van der Waals surface area contributed by atoms with Gasteiger partial charge in [-0.05, 0) is 25.0 Å². The largest absolute Gasteiger partial charge is 0.417 e. The van der Waals surface area contributed by atoms with Gasteiger partial charge in [0.2, 0.25) is 0 Å². The fourth-order valence-electron chi connectivity index (χ4n) is 2.03. The van der Waals surface area contributed by atoms with Gasteiger partial charge >= 0.3 is 6.18 Å². The van der Waals surface area contributed by atoms with E-state index in [0.29, 0.717) is 17.9 Å². The highest BCUT2D eigenvalue weighted by Crippen LogP contribution is 2.31. The molecule has 0 aliphatic carbocycles. The van der Waals surface area contributed by atoms with E-state index in [9.17, 15) is 13.2 Å². The Morgan fingerprint density at radius 1 is 1.47 bits per heavy atom. The van der Waals surface area contributed by atoms with Crippen LogP contribution in [0.25, 0.3) is 0 Å². The molecule has 0 radical (unpaired) electrons. The molecule has 1 saturated heterocycles. The Hall–Kier alpha value is -1.30. The molecule has 1 fully saturated rings. The van der Waals surface area contributed by atoms with E-state index in [0.717, 1.165) is 25.2 Å². The monoisotopic (exact) mass is 245 g/mol. The van der Waals surface area contributed by atoms with Crippen molar-refractivity contribution in [3.63, 3.8) is 0 Å². The van der Waals surface area contributed by atoms with Crippen LogP contribution in [0.1, 0.15) is 17.5 Å². The average molecular weight is 245 g/mol. The number of hydrogen-bond donors (Lipinski definition) is 1. The quantitative estimate of drug-likeness (QED) is 0.822. The van der Waals surface area contributed by atoms with Gasteiger partial charge in [-0.1, -0.05) is 0 Å². The fourth-order valence-corrected chi connectivity index (χ4v) is 2.03. The van der Waals surface area contributed by atoms with Gasteiger partial charge in [-0.15, -0.1) is 0 Å². The molecule has 1 aromatic rings. The number of rotatable bonds is 1. The Bertz CT molecular complexity index is 417. The second kappa shape index (κ2) is 4.18. The molecule has 3 nitrogen and oxygen atoms in total. The lowest BCUT2D eigenvalue weighted by atomic mass is 10.2. The van der Waals surface area contributed by atoms with Crippen LogP contribution in [0.5, 0.6) is 0 Å². The number of aryl methyl sites for hydroxylation is 1. The van der Waals surface area contributed by atoms with Crippen LogP contribution in [0.2, 0.25) is 0 Å². The molecule has 6 heteroatoms. The number of aromatic nitrogens is 1. The molecular weight excluding hydrogens is 231 g/mol. The van der Waals surface area contributed by atoms with Gasteiger partial charge in [-0.2, -0.15) is 13.2 Å². The van der Waals surface area contributed by atoms with Gasteiger partial charge in [0.05, 0.1) is 5.56 Å². The SMILES string of the molecule is Cc1cc(C(F)(F)F)cnc1N1CC[C@@H](N)C1. The van der Waals surface area contributed by atoms with Crippen LogP contribution in [-0.4, -0.2) is 24.1 Å². The minimum atomic E-state index is -4.34. The van der Waals surface area contributed by atoms with Crippen LogP contribution in [0, 0.1) is 6.92 Å². The molecule has 0 bridgehead atoms. The van der Waals surface area contributed by atoms with Gasteiger partial charge in [-0.25, -0.2) is 4.98 Å². The van der Waals surface area contributed by atoms with Gasteiger partial charge in [0.15, 0.2) is 0 Å². The predicted molar refractivity (Wildman–Crippen MR) is 58.8 cm³/mol. The lowest BCUT2D eigenvalue weighted by Gasteiger charge is -2.20. The summed E-state index contributed by atoms with van der Waals surface area (Å²) in [6.07, 6.45) is -2.61. The first-order valence-corrected chi connectivity index (χ1v) is 5.42. The van der Waals surface area contributed by atoms with Crippen molar-refractivity contribution in [1.82, 2.24) is 4.98 Å². The summed E-state index contributed by atoms with van der Waals surface area (Å²) in [6, 6.07) is 1.21. The molecule has 0 spiro atoms. The van der Waals surface area contributed by atoms with E-state index < -0.39 is 11.7 Å². The van der Waals surface area contributed by atoms with Crippen molar-refractivity contribution in [3.8, 4) is 0 Å². The minimum absolute atomic E-state index is 0.0819. The van der Waals surface area contributed by atoms with Crippen molar-refractivity contribution in [2.45, 2.75) is 25.6 Å². The number of anilines is 1. The van der Waals surface area contributed by atoms with Crippen molar-refractivity contribution >= 4 is 5.82 Å².